The summed E-state index contributed by atoms with van der Waals surface area (Å²) in [6.07, 6.45) is 3.20. The maximum absolute atomic E-state index is 10.3. The molecule has 0 aliphatic carbocycles. The highest BCUT2D eigenvalue weighted by atomic mass is 79.9. The number of rotatable bonds is 7. The van der Waals surface area contributed by atoms with Gasteiger partial charge < -0.3 is 9.47 Å². The van der Waals surface area contributed by atoms with Gasteiger partial charge in [0.15, 0.2) is 11.5 Å². The van der Waals surface area contributed by atoms with E-state index in [4.69, 9.17) is 9.47 Å². The number of halogens is 1. The Hall–Kier alpha value is -1.56. The van der Waals surface area contributed by atoms with E-state index < -0.39 is 4.92 Å². The maximum Gasteiger partial charge on any atom is 0.235 e. The number of hydrogen-bond acceptors (Lipinski definition) is 4. The normalized spacial score (nSPS) is 10.7. The molecule has 0 aromatic heterocycles. The van der Waals surface area contributed by atoms with Crippen molar-refractivity contribution >= 4 is 22.0 Å². The van der Waals surface area contributed by atoms with Crippen LogP contribution in [-0.4, -0.2) is 18.1 Å². The molecule has 0 unspecified atom stereocenters. The lowest BCUT2D eigenvalue weighted by atomic mass is 10.2. The van der Waals surface area contributed by atoms with Crippen molar-refractivity contribution in [3.63, 3.8) is 0 Å². The summed E-state index contributed by atoms with van der Waals surface area (Å²) in [5.41, 5.74) is 0.677. The molecule has 19 heavy (non-hydrogen) atoms. The fourth-order valence-corrected chi connectivity index (χ4v) is 2.01. The summed E-state index contributed by atoms with van der Waals surface area (Å²) >= 11 is 3.40. The molecular weight excluding hydrogens is 314 g/mol. The van der Waals surface area contributed by atoms with E-state index in [-0.39, 0.29) is 0 Å². The predicted molar refractivity (Wildman–Crippen MR) is 77.1 cm³/mol. The molecule has 0 radical (unpaired) electrons. The molecule has 0 saturated carbocycles. The van der Waals surface area contributed by atoms with Crippen LogP contribution < -0.4 is 9.47 Å². The van der Waals surface area contributed by atoms with Crippen LogP contribution in [0.3, 0.4) is 0 Å². The first-order valence-corrected chi connectivity index (χ1v) is 6.78. The molecule has 1 aromatic rings. The van der Waals surface area contributed by atoms with E-state index in [2.05, 4.69) is 15.9 Å². The van der Waals surface area contributed by atoms with Gasteiger partial charge in [-0.1, -0.05) is 6.92 Å². The molecule has 0 aliphatic rings. The largest absolute Gasteiger partial charge is 0.490 e. The molecule has 0 saturated heterocycles. The van der Waals surface area contributed by atoms with Crippen molar-refractivity contribution in [2.24, 2.45) is 0 Å². The zero-order valence-corrected chi connectivity index (χ0v) is 12.5. The van der Waals surface area contributed by atoms with Crippen LogP contribution in [0.4, 0.5) is 0 Å². The molecule has 104 valence electrons. The van der Waals surface area contributed by atoms with Crippen molar-refractivity contribution in [3.05, 3.63) is 38.5 Å². The van der Waals surface area contributed by atoms with E-state index in [1.807, 2.05) is 13.8 Å². The second kappa shape index (κ2) is 7.78. The zero-order chi connectivity index (χ0) is 14.3. The Morgan fingerprint density at radius 2 is 2.11 bits per heavy atom. The lowest BCUT2D eigenvalue weighted by Crippen LogP contribution is -2.01. The zero-order valence-electron chi connectivity index (χ0n) is 10.9. The summed E-state index contributed by atoms with van der Waals surface area (Å²) < 4.78 is 11.8. The van der Waals surface area contributed by atoms with Crippen LogP contribution in [0.15, 0.2) is 22.8 Å². The molecular formula is C13H16BrNO4. The second-order valence-electron chi connectivity index (χ2n) is 3.71. The van der Waals surface area contributed by atoms with Gasteiger partial charge in [-0.05, 0) is 47.0 Å². The third kappa shape index (κ3) is 4.90. The highest BCUT2D eigenvalue weighted by Crippen LogP contribution is 2.37. The van der Waals surface area contributed by atoms with Crippen molar-refractivity contribution in [1.29, 1.82) is 0 Å². The van der Waals surface area contributed by atoms with E-state index in [9.17, 15) is 10.1 Å². The van der Waals surface area contributed by atoms with Gasteiger partial charge in [0.1, 0.15) is 0 Å². The minimum Gasteiger partial charge on any atom is -0.490 e. The smallest absolute Gasteiger partial charge is 0.235 e. The second-order valence-corrected chi connectivity index (χ2v) is 4.57. The van der Waals surface area contributed by atoms with Gasteiger partial charge in [0.2, 0.25) is 6.20 Å². The molecule has 0 atom stereocenters. The average molecular weight is 330 g/mol. The molecule has 0 bridgehead atoms. The van der Waals surface area contributed by atoms with Crippen LogP contribution in [0, 0.1) is 10.1 Å². The number of nitrogens with zero attached hydrogens (tertiary/aromatic N) is 1. The van der Waals surface area contributed by atoms with E-state index in [0.29, 0.717) is 30.3 Å². The summed E-state index contributed by atoms with van der Waals surface area (Å²) in [6.45, 7) is 4.97. The molecule has 0 heterocycles. The SMILES string of the molecule is CCCOc1c(Br)cc(/C=C\[N+](=O)[O-])cc1OCC. The number of benzene rings is 1. The first-order valence-electron chi connectivity index (χ1n) is 5.99. The molecule has 0 fully saturated rings. The van der Waals surface area contributed by atoms with E-state index in [0.717, 1.165) is 17.1 Å². The molecule has 0 spiro atoms. The first-order chi connectivity index (χ1) is 9.08. The van der Waals surface area contributed by atoms with Crippen molar-refractivity contribution in [2.45, 2.75) is 20.3 Å². The van der Waals surface area contributed by atoms with E-state index >= 15 is 0 Å². The van der Waals surface area contributed by atoms with Gasteiger partial charge in [0, 0.05) is 6.08 Å². The third-order valence-electron chi connectivity index (χ3n) is 2.17. The number of hydrogen-bond donors (Lipinski definition) is 0. The summed E-state index contributed by atoms with van der Waals surface area (Å²) in [4.78, 5) is 9.82. The topological polar surface area (TPSA) is 61.6 Å². The van der Waals surface area contributed by atoms with Gasteiger partial charge in [0.05, 0.1) is 22.6 Å². The number of nitro groups is 1. The maximum atomic E-state index is 10.3. The molecule has 0 amide bonds. The highest BCUT2D eigenvalue weighted by Gasteiger charge is 2.11. The van der Waals surface area contributed by atoms with Crippen LogP contribution in [0.5, 0.6) is 11.5 Å². The highest BCUT2D eigenvalue weighted by molar-refractivity contribution is 9.10. The molecule has 0 N–H and O–H groups in total. The van der Waals surface area contributed by atoms with Crippen LogP contribution in [-0.2, 0) is 0 Å². The van der Waals surface area contributed by atoms with Gasteiger partial charge in [-0.25, -0.2) is 0 Å². The molecule has 5 nitrogen and oxygen atoms in total. The molecule has 6 heteroatoms. The van der Waals surface area contributed by atoms with Crippen LogP contribution in [0.2, 0.25) is 0 Å². The van der Waals surface area contributed by atoms with Gasteiger partial charge in [-0.2, -0.15) is 0 Å². The third-order valence-corrected chi connectivity index (χ3v) is 2.76. The Bertz CT molecular complexity index is 474. The molecule has 0 aliphatic heterocycles. The first kappa shape index (κ1) is 15.5. The molecule has 1 rings (SSSR count). The predicted octanol–water partition coefficient (Wildman–Crippen LogP) is 3.88. The Morgan fingerprint density at radius 1 is 1.37 bits per heavy atom. The van der Waals surface area contributed by atoms with Crippen LogP contribution in [0.1, 0.15) is 25.8 Å². The Kier molecular flexibility index (Phi) is 6.35. The fourth-order valence-electron chi connectivity index (χ4n) is 1.44. The van der Waals surface area contributed by atoms with Gasteiger partial charge >= 0.3 is 0 Å². The minimum atomic E-state index is -0.504. The number of ether oxygens (including phenoxy) is 2. The van der Waals surface area contributed by atoms with Crippen molar-refractivity contribution in [3.8, 4) is 11.5 Å². The Morgan fingerprint density at radius 3 is 2.68 bits per heavy atom. The monoisotopic (exact) mass is 329 g/mol. The van der Waals surface area contributed by atoms with E-state index in [1.54, 1.807) is 12.1 Å². The van der Waals surface area contributed by atoms with Crippen molar-refractivity contribution in [2.75, 3.05) is 13.2 Å². The Labute approximate surface area is 120 Å². The van der Waals surface area contributed by atoms with Gasteiger partial charge in [0.25, 0.3) is 0 Å². The summed E-state index contributed by atoms with van der Waals surface area (Å²) in [5, 5.41) is 10.3. The lowest BCUT2D eigenvalue weighted by molar-refractivity contribution is -0.400. The van der Waals surface area contributed by atoms with Crippen molar-refractivity contribution in [1.82, 2.24) is 0 Å². The minimum absolute atomic E-state index is 0.497. The standard InChI is InChI=1S/C13H16BrNO4/c1-3-7-19-13-11(14)8-10(5-6-15(16)17)9-12(13)18-4-2/h5-6,8-9H,3-4,7H2,1-2H3/b6-5-. The van der Waals surface area contributed by atoms with Crippen LogP contribution >= 0.6 is 15.9 Å². The van der Waals surface area contributed by atoms with Gasteiger partial charge in [-0.15, -0.1) is 0 Å². The van der Waals surface area contributed by atoms with Gasteiger partial charge in [-0.3, -0.25) is 10.1 Å². The Balaban J connectivity index is 3.08. The summed E-state index contributed by atoms with van der Waals surface area (Å²) in [6, 6.07) is 3.48. The summed E-state index contributed by atoms with van der Waals surface area (Å²) in [7, 11) is 0. The lowest BCUT2D eigenvalue weighted by Gasteiger charge is -2.14. The average Bonchev–Trinajstić information content (AvgIpc) is 2.36. The van der Waals surface area contributed by atoms with Crippen LogP contribution in [0.25, 0.3) is 6.08 Å². The van der Waals surface area contributed by atoms with Crippen molar-refractivity contribution < 1.29 is 14.4 Å². The summed E-state index contributed by atoms with van der Waals surface area (Å²) in [5.74, 6) is 1.20. The fraction of sp³-hybridized carbons (Fsp3) is 0.385. The quantitative estimate of drug-likeness (QED) is 0.562. The molecule has 1 aromatic carbocycles. The van der Waals surface area contributed by atoms with E-state index in [1.165, 1.54) is 6.08 Å².